The van der Waals surface area contributed by atoms with E-state index in [2.05, 4.69) is 15.0 Å². The predicted octanol–water partition coefficient (Wildman–Crippen LogP) is 0.946. The first-order valence-corrected chi connectivity index (χ1v) is 8.93. The second-order valence-corrected chi connectivity index (χ2v) is 7.95. The smallest absolute Gasteiger partial charge is 0.252 e. The van der Waals surface area contributed by atoms with Crippen molar-refractivity contribution >= 4 is 21.4 Å². The highest BCUT2D eigenvalue weighted by Gasteiger charge is 2.29. The summed E-state index contributed by atoms with van der Waals surface area (Å²) in [7, 11) is -3.34. The monoisotopic (exact) mass is 328 g/mol. The summed E-state index contributed by atoms with van der Waals surface area (Å²) in [6.45, 7) is 4.64. The molecule has 114 valence electrons. The molecule has 0 unspecified atom stereocenters. The molecule has 3 rings (SSSR count). The number of sulfonamides is 1. The Kier molecular flexibility index (Phi) is 4.07. The first-order chi connectivity index (χ1) is 10.1. The fourth-order valence-electron chi connectivity index (χ4n) is 2.27. The molecule has 0 spiro atoms. The molecule has 1 fully saturated rings. The van der Waals surface area contributed by atoms with Crippen LogP contribution in [0.3, 0.4) is 0 Å². The van der Waals surface area contributed by atoms with Gasteiger partial charge in [0.2, 0.25) is 5.89 Å². The lowest BCUT2D eigenvalue weighted by Gasteiger charge is -2.32. The van der Waals surface area contributed by atoms with Crippen LogP contribution < -0.4 is 0 Å². The van der Waals surface area contributed by atoms with E-state index in [9.17, 15) is 8.42 Å². The normalized spacial score (nSPS) is 18.1. The third kappa shape index (κ3) is 3.15. The van der Waals surface area contributed by atoms with Gasteiger partial charge in [-0.25, -0.2) is 8.42 Å². The number of thiophene rings is 1. The first kappa shape index (κ1) is 14.6. The van der Waals surface area contributed by atoms with E-state index in [4.69, 9.17) is 4.52 Å². The van der Waals surface area contributed by atoms with Gasteiger partial charge in [-0.3, -0.25) is 4.90 Å². The van der Waals surface area contributed by atoms with Gasteiger partial charge < -0.3 is 4.52 Å². The topological polar surface area (TPSA) is 79.5 Å². The summed E-state index contributed by atoms with van der Waals surface area (Å²) in [5.41, 5.74) is 0. The van der Waals surface area contributed by atoms with Gasteiger partial charge in [0.05, 0.1) is 6.54 Å². The van der Waals surface area contributed by atoms with E-state index in [1.807, 2.05) is 0 Å². The highest BCUT2D eigenvalue weighted by Crippen LogP contribution is 2.22. The zero-order valence-corrected chi connectivity index (χ0v) is 13.2. The molecular formula is C12H16N4O3S2. The molecule has 0 amide bonds. The quantitative estimate of drug-likeness (QED) is 0.831. The molecule has 9 heteroatoms. The van der Waals surface area contributed by atoms with Crippen LogP contribution >= 0.6 is 11.3 Å². The van der Waals surface area contributed by atoms with E-state index in [0.29, 0.717) is 48.6 Å². The largest absolute Gasteiger partial charge is 0.340 e. The van der Waals surface area contributed by atoms with Gasteiger partial charge >= 0.3 is 0 Å². The molecule has 3 heterocycles. The number of aryl methyl sites for hydroxylation is 1. The molecular weight excluding hydrogens is 312 g/mol. The van der Waals surface area contributed by atoms with Crippen LogP contribution in [-0.4, -0.2) is 53.9 Å². The van der Waals surface area contributed by atoms with Gasteiger partial charge in [-0.1, -0.05) is 11.2 Å². The SMILES string of the molecule is Cc1nc(CN2CCN(S(=O)(=O)c3cccs3)CC2)no1. The average Bonchev–Trinajstić information content (AvgIpc) is 3.11. The number of piperazine rings is 1. The van der Waals surface area contributed by atoms with Gasteiger partial charge in [-0.15, -0.1) is 11.3 Å². The Morgan fingerprint density at radius 3 is 2.67 bits per heavy atom. The van der Waals surface area contributed by atoms with E-state index >= 15 is 0 Å². The first-order valence-electron chi connectivity index (χ1n) is 6.61. The van der Waals surface area contributed by atoms with Crippen LogP contribution in [0.5, 0.6) is 0 Å². The molecule has 0 N–H and O–H groups in total. The summed E-state index contributed by atoms with van der Waals surface area (Å²) in [5, 5.41) is 5.64. The fraction of sp³-hybridized carbons (Fsp3) is 0.500. The highest BCUT2D eigenvalue weighted by molar-refractivity contribution is 7.91. The minimum Gasteiger partial charge on any atom is -0.340 e. The number of hydrogen-bond donors (Lipinski definition) is 0. The van der Waals surface area contributed by atoms with Gasteiger partial charge in [0.15, 0.2) is 5.82 Å². The second kappa shape index (κ2) is 5.84. The van der Waals surface area contributed by atoms with Crippen LogP contribution in [0.4, 0.5) is 0 Å². The zero-order chi connectivity index (χ0) is 14.9. The Morgan fingerprint density at radius 1 is 1.33 bits per heavy atom. The molecule has 2 aromatic heterocycles. The third-order valence-corrected chi connectivity index (χ3v) is 6.63. The predicted molar refractivity (Wildman–Crippen MR) is 77.4 cm³/mol. The van der Waals surface area contributed by atoms with E-state index in [1.54, 1.807) is 24.4 Å². The number of rotatable bonds is 4. The van der Waals surface area contributed by atoms with Gasteiger partial charge in [-0.05, 0) is 11.4 Å². The molecule has 0 bridgehead atoms. The minimum atomic E-state index is -3.34. The Bertz CT molecular complexity index is 688. The Balaban J connectivity index is 1.60. The van der Waals surface area contributed by atoms with Crippen molar-refractivity contribution in [1.82, 2.24) is 19.3 Å². The zero-order valence-electron chi connectivity index (χ0n) is 11.6. The van der Waals surface area contributed by atoms with Crippen molar-refractivity contribution < 1.29 is 12.9 Å². The second-order valence-electron chi connectivity index (χ2n) is 4.84. The summed E-state index contributed by atoms with van der Waals surface area (Å²) in [6.07, 6.45) is 0. The van der Waals surface area contributed by atoms with Crippen LogP contribution in [0.1, 0.15) is 11.7 Å². The molecule has 0 aromatic carbocycles. The number of aromatic nitrogens is 2. The Hall–Kier alpha value is -1.29. The fourth-order valence-corrected chi connectivity index (χ4v) is 4.84. The summed E-state index contributed by atoms with van der Waals surface area (Å²) in [6, 6.07) is 3.40. The van der Waals surface area contributed by atoms with Gasteiger partial charge in [0.1, 0.15) is 4.21 Å². The lowest BCUT2D eigenvalue weighted by Crippen LogP contribution is -2.48. The van der Waals surface area contributed by atoms with Crippen molar-refractivity contribution in [1.29, 1.82) is 0 Å². The summed E-state index contributed by atoms with van der Waals surface area (Å²) >= 11 is 1.25. The van der Waals surface area contributed by atoms with E-state index < -0.39 is 10.0 Å². The van der Waals surface area contributed by atoms with Gasteiger partial charge in [-0.2, -0.15) is 9.29 Å². The van der Waals surface area contributed by atoms with Crippen molar-refractivity contribution in [2.45, 2.75) is 17.7 Å². The third-order valence-electron chi connectivity index (χ3n) is 3.36. The molecule has 0 atom stereocenters. The summed E-state index contributed by atoms with van der Waals surface area (Å²) in [4.78, 5) is 6.29. The molecule has 2 aromatic rings. The molecule has 1 saturated heterocycles. The number of hydrogen-bond acceptors (Lipinski definition) is 7. The molecule has 1 aliphatic rings. The molecule has 1 aliphatic heterocycles. The highest BCUT2D eigenvalue weighted by atomic mass is 32.2. The van der Waals surface area contributed by atoms with Crippen molar-refractivity contribution in [2.24, 2.45) is 0 Å². The van der Waals surface area contributed by atoms with Crippen LogP contribution in [0.25, 0.3) is 0 Å². The molecule has 0 radical (unpaired) electrons. The van der Waals surface area contributed by atoms with E-state index in [1.165, 1.54) is 15.6 Å². The molecule has 21 heavy (non-hydrogen) atoms. The van der Waals surface area contributed by atoms with E-state index in [-0.39, 0.29) is 0 Å². The molecule has 0 saturated carbocycles. The van der Waals surface area contributed by atoms with Crippen LogP contribution in [0, 0.1) is 6.92 Å². The van der Waals surface area contributed by atoms with Crippen molar-refractivity contribution in [3.05, 3.63) is 29.2 Å². The Labute approximate surface area is 127 Å². The summed E-state index contributed by atoms with van der Waals surface area (Å²) in [5.74, 6) is 1.19. The van der Waals surface area contributed by atoms with Crippen molar-refractivity contribution in [3.8, 4) is 0 Å². The lowest BCUT2D eigenvalue weighted by molar-refractivity contribution is 0.176. The Morgan fingerprint density at radius 2 is 2.10 bits per heavy atom. The van der Waals surface area contributed by atoms with Gasteiger partial charge in [0.25, 0.3) is 10.0 Å². The minimum absolute atomic E-state index is 0.407. The van der Waals surface area contributed by atoms with Crippen LogP contribution in [0.2, 0.25) is 0 Å². The lowest BCUT2D eigenvalue weighted by atomic mass is 10.3. The molecule has 0 aliphatic carbocycles. The molecule has 7 nitrogen and oxygen atoms in total. The summed E-state index contributed by atoms with van der Waals surface area (Å²) < 4.78 is 31.7. The van der Waals surface area contributed by atoms with Crippen molar-refractivity contribution in [3.63, 3.8) is 0 Å². The maximum Gasteiger partial charge on any atom is 0.252 e. The standard InChI is InChI=1S/C12H16N4O3S2/c1-10-13-11(14-19-10)9-15-4-6-16(7-5-15)21(17,18)12-3-2-8-20-12/h2-3,8H,4-7,9H2,1H3. The maximum atomic E-state index is 12.4. The van der Waals surface area contributed by atoms with Crippen LogP contribution in [-0.2, 0) is 16.6 Å². The van der Waals surface area contributed by atoms with Crippen molar-refractivity contribution in [2.75, 3.05) is 26.2 Å². The van der Waals surface area contributed by atoms with Crippen LogP contribution in [0.15, 0.2) is 26.2 Å². The maximum absolute atomic E-state index is 12.4. The van der Waals surface area contributed by atoms with E-state index in [0.717, 1.165) is 0 Å². The number of nitrogens with zero attached hydrogens (tertiary/aromatic N) is 4. The average molecular weight is 328 g/mol. The van der Waals surface area contributed by atoms with Gasteiger partial charge in [0, 0.05) is 33.1 Å².